The summed E-state index contributed by atoms with van der Waals surface area (Å²) in [6.45, 7) is 3.52. The number of aryl methyl sites for hydroxylation is 1. The number of hydrogen-bond donors (Lipinski definition) is 2. The first-order valence-electron chi connectivity index (χ1n) is 11.5. The van der Waals surface area contributed by atoms with Crippen molar-refractivity contribution in [1.29, 1.82) is 5.26 Å². The maximum Gasteiger partial charge on any atom is 0.410 e. The van der Waals surface area contributed by atoms with E-state index in [1.54, 1.807) is 30.5 Å². The lowest BCUT2D eigenvalue weighted by molar-refractivity contribution is 0.0946. The Kier molecular flexibility index (Phi) is 7.80. The van der Waals surface area contributed by atoms with Crippen molar-refractivity contribution in [2.75, 3.05) is 13.2 Å². The minimum absolute atomic E-state index is 0.107. The van der Waals surface area contributed by atoms with E-state index < -0.39 is 11.7 Å². The van der Waals surface area contributed by atoms with E-state index >= 15 is 0 Å². The minimum Gasteiger partial charge on any atom is -0.507 e. The van der Waals surface area contributed by atoms with Crippen LogP contribution >= 0.6 is 11.3 Å². The molecule has 2 aliphatic rings. The first kappa shape index (κ1) is 25.1. The number of thiazole rings is 1. The third-order valence-electron chi connectivity index (χ3n) is 6.01. The van der Waals surface area contributed by atoms with Gasteiger partial charge in [-0.1, -0.05) is 12.1 Å². The molecule has 2 fully saturated rings. The SMILES string of the molecule is Cc1ncc(-c2cc(F)c(C(=O)NCc3ccc(C#N)cc3)cc2O)s1.O=C1OCC2CCCCN12. The first-order chi connectivity index (χ1) is 17.4. The maximum atomic E-state index is 14.4. The molecular formula is C26H25FN4O4S. The van der Waals surface area contributed by atoms with Crippen LogP contribution in [-0.4, -0.2) is 46.2 Å². The number of nitrogens with zero attached hydrogens (tertiary/aromatic N) is 3. The van der Waals surface area contributed by atoms with E-state index in [1.165, 1.54) is 17.8 Å². The zero-order chi connectivity index (χ0) is 25.7. The molecule has 5 rings (SSSR count). The minimum atomic E-state index is -0.721. The fraction of sp³-hybridized carbons (Fsp3) is 0.308. The number of benzene rings is 2. The summed E-state index contributed by atoms with van der Waals surface area (Å²) >= 11 is 1.33. The number of amides is 2. The molecule has 3 aromatic rings. The quantitative estimate of drug-likeness (QED) is 0.525. The number of ether oxygens (including phenoxy) is 1. The largest absolute Gasteiger partial charge is 0.507 e. The Bertz CT molecular complexity index is 1300. The second kappa shape index (κ2) is 11.2. The highest BCUT2D eigenvalue weighted by Crippen LogP contribution is 2.35. The second-order valence-electron chi connectivity index (χ2n) is 8.50. The van der Waals surface area contributed by atoms with Crippen molar-refractivity contribution < 1.29 is 23.8 Å². The monoisotopic (exact) mass is 508 g/mol. The highest BCUT2D eigenvalue weighted by molar-refractivity contribution is 7.15. The molecule has 10 heteroatoms. The van der Waals surface area contributed by atoms with Crippen LogP contribution in [0.15, 0.2) is 42.6 Å². The van der Waals surface area contributed by atoms with Gasteiger partial charge in [0.2, 0.25) is 0 Å². The van der Waals surface area contributed by atoms with E-state index in [2.05, 4.69) is 10.3 Å². The second-order valence-corrected chi connectivity index (χ2v) is 9.74. The Morgan fingerprint density at radius 1 is 1.33 bits per heavy atom. The Labute approximate surface area is 212 Å². The van der Waals surface area contributed by atoms with Gasteiger partial charge in [0, 0.05) is 24.8 Å². The van der Waals surface area contributed by atoms with Crippen LogP contribution in [0.25, 0.3) is 10.4 Å². The average Bonchev–Trinajstić information content (AvgIpc) is 3.50. The number of aromatic nitrogens is 1. The highest BCUT2D eigenvalue weighted by atomic mass is 32.1. The van der Waals surface area contributed by atoms with Crippen LogP contribution in [0, 0.1) is 24.1 Å². The number of fused-ring (bicyclic) bond motifs is 1. The Morgan fingerprint density at radius 3 is 2.78 bits per heavy atom. The van der Waals surface area contributed by atoms with Crippen molar-refractivity contribution in [2.45, 2.75) is 38.8 Å². The summed E-state index contributed by atoms with van der Waals surface area (Å²) in [5, 5.41) is 22.3. The number of nitrogens with one attached hydrogen (secondary N) is 1. The van der Waals surface area contributed by atoms with Gasteiger partial charge in [-0.2, -0.15) is 5.26 Å². The molecule has 1 aromatic heterocycles. The number of phenolic OH excluding ortho intramolecular Hbond substituents is 1. The average molecular weight is 509 g/mol. The number of nitriles is 1. The van der Waals surface area contributed by atoms with E-state index in [1.807, 2.05) is 17.9 Å². The van der Waals surface area contributed by atoms with Crippen LogP contribution in [-0.2, 0) is 11.3 Å². The summed E-state index contributed by atoms with van der Waals surface area (Å²) in [5.74, 6) is -1.53. The summed E-state index contributed by atoms with van der Waals surface area (Å²) in [6.07, 6.45) is 4.97. The molecule has 0 aliphatic carbocycles. The summed E-state index contributed by atoms with van der Waals surface area (Å²) < 4.78 is 19.3. The van der Waals surface area contributed by atoms with E-state index in [0.29, 0.717) is 28.7 Å². The zero-order valence-corrected chi connectivity index (χ0v) is 20.5. The van der Waals surface area contributed by atoms with Crippen molar-refractivity contribution in [1.82, 2.24) is 15.2 Å². The Hall–Kier alpha value is -3.97. The molecule has 2 amide bonds. The van der Waals surface area contributed by atoms with Crippen molar-refractivity contribution >= 4 is 23.3 Å². The van der Waals surface area contributed by atoms with Gasteiger partial charge in [0.15, 0.2) is 0 Å². The van der Waals surface area contributed by atoms with Gasteiger partial charge in [0.05, 0.1) is 33.1 Å². The van der Waals surface area contributed by atoms with Crippen LogP contribution in [0.2, 0.25) is 0 Å². The van der Waals surface area contributed by atoms with Gasteiger partial charge in [-0.15, -0.1) is 11.3 Å². The van der Waals surface area contributed by atoms with Gasteiger partial charge in [-0.3, -0.25) is 4.79 Å². The lowest BCUT2D eigenvalue weighted by Crippen LogP contribution is -2.37. The molecule has 1 unspecified atom stereocenters. The van der Waals surface area contributed by atoms with Gasteiger partial charge in [0.1, 0.15) is 18.2 Å². The Morgan fingerprint density at radius 2 is 2.11 bits per heavy atom. The highest BCUT2D eigenvalue weighted by Gasteiger charge is 2.34. The number of halogens is 1. The van der Waals surface area contributed by atoms with E-state index in [9.17, 15) is 19.1 Å². The fourth-order valence-corrected chi connectivity index (χ4v) is 4.86. The molecule has 186 valence electrons. The molecule has 2 aliphatic heterocycles. The van der Waals surface area contributed by atoms with E-state index in [4.69, 9.17) is 10.00 Å². The number of carbonyl (C=O) groups excluding carboxylic acids is 2. The lowest BCUT2D eigenvalue weighted by atomic mass is 10.0. The standard InChI is InChI=1S/C19H14FN3O2S.C7H11NO2/c1-11-22-10-18(26-11)15-6-16(20)14(7-17(15)24)19(25)23-9-13-4-2-12(8-21)3-5-13;9-7-8-4-2-1-3-6(8)5-10-7/h2-7,10,24H,9H2,1H3,(H,23,25);6H,1-5H2. The maximum absolute atomic E-state index is 14.4. The summed E-state index contributed by atoms with van der Waals surface area (Å²) in [4.78, 5) is 29.7. The number of phenols is 1. The van der Waals surface area contributed by atoms with E-state index in [-0.39, 0.29) is 24.0 Å². The molecule has 0 spiro atoms. The lowest BCUT2D eigenvalue weighted by Gasteiger charge is -2.25. The third-order valence-corrected chi connectivity index (χ3v) is 6.96. The summed E-state index contributed by atoms with van der Waals surface area (Å²) in [5.41, 5.74) is 1.36. The normalized spacial score (nSPS) is 16.3. The molecule has 0 saturated carbocycles. The molecule has 2 aromatic carbocycles. The molecule has 1 atom stereocenters. The number of hydrogen-bond acceptors (Lipinski definition) is 7. The third kappa shape index (κ3) is 5.80. The van der Waals surface area contributed by atoms with E-state index in [0.717, 1.165) is 42.1 Å². The van der Waals surface area contributed by atoms with Crippen LogP contribution in [0.5, 0.6) is 5.75 Å². The predicted molar refractivity (Wildman–Crippen MR) is 132 cm³/mol. The molecule has 2 N–H and O–H groups in total. The van der Waals surface area contributed by atoms with Crippen molar-refractivity contribution in [3.63, 3.8) is 0 Å². The molecule has 0 radical (unpaired) electrons. The van der Waals surface area contributed by atoms with Crippen LogP contribution in [0.1, 0.15) is 45.8 Å². The first-order valence-corrected chi connectivity index (χ1v) is 12.3. The van der Waals surface area contributed by atoms with Gasteiger partial charge in [0.25, 0.3) is 5.91 Å². The van der Waals surface area contributed by atoms with Gasteiger partial charge < -0.3 is 20.1 Å². The predicted octanol–water partition coefficient (Wildman–Crippen LogP) is 4.76. The molecule has 36 heavy (non-hydrogen) atoms. The van der Waals surface area contributed by atoms with Crippen molar-refractivity contribution in [3.8, 4) is 22.3 Å². The van der Waals surface area contributed by atoms with Crippen LogP contribution in [0.4, 0.5) is 9.18 Å². The number of piperidine rings is 1. The molecule has 2 saturated heterocycles. The van der Waals surface area contributed by atoms with Gasteiger partial charge in [-0.05, 0) is 56.0 Å². The fourth-order valence-electron chi connectivity index (χ4n) is 4.06. The van der Waals surface area contributed by atoms with Crippen molar-refractivity contribution in [2.24, 2.45) is 0 Å². The molecule has 8 nitrogen and oxygen atoms in total. The summed E-state index contributed by atoms with van der Waals surface area (Å²) in [7, 11) is 0. The van der Waals surface area contributed by atoms with Crippen molar-refractivity contribution in [3.05, 3.63) is 70.1 Å². The Balaban J connectivity index is 0.000000251. The number of cyclic esters (lactones) is 1. The summed E-state index contributed by atoms with van der Waals surface area (Å²) in [6, 6.07) is 11.4. The topological polar surface area (TPSA) is 116 Å². The smallest absolute Gasteiger partial charge is 0.410 e. The van der Waals surface area contributed by atoms with Gasteiger partial charge >= 0.3 is 6.09 Å². The van der Waals surface area contributed by atoms with Crippen LogP contribution < -0.4 is 5.32 Å². The number of carbonyl (C=O) groups is 2. The van der Waals surface area contributed by atoms with Crippen LogP contribution in [0.3, 0.4) is 0 Å². The zero-order valence-electron chi connectivity index (χ0n) is 19.7. The molecule has 3 heterocycles. The molecule has 0 bridgehead atoms. The molecular weight excluding hydrogens is 483 g/mol. The number of aromatic hydroxyl groups is 1. The number of rotatable bonds is 4. The van der Waals surface area contributed by atoms with Gasteiger partial charge in [-0.25, -0.2) is 14.2 Å².